The van der Waals surface area contributed by atoms with E-state index in [1.54, 1.807) is 0 Å². The van der Waals surface area contributed by atoms with Gasteiger partial charge in [-0.05, 0) is 56.8 Å². The third-order valence-electron chi connectivity index (χ3n) is 4.91. The lowest BCUT2D eigenvalue weighted by Crippen LogP contribution is -2.65. The third-order valence-corrected chi connectivity index (χ3v) is 4.91. The third kappa shape index (κ3) is 1.99. The number of amides is 1. The lowest BCUT2D eigenvalue weighted by molar-refractivity contribution is -0.150. The second-order valence-corrected chi connectivity index (χ2v) is 6.76. The number of aliphatic hydroxyl groups is 1. The molecule has 1 amide bonds. The number of nitrogens with one attached hydrogen (secondary N) is 1. The van der Waals surface area contributed by atoms with Crippen LogP contribution >= 0.6 is 0 Å². The molecule has 3 nitrogen and oxygen atoms in total. The Balaban J connectivity index is 1.76. The van der Waals surface area contributed by atoms with Crippen molar-refractivity contribution in [1.82, 2.24) is 5.32 Å². The minimum Gasteiger partial charge on any atom is -0.390 e. The van der Waals surface area contributed by atoms with Gasteiger partial charge in [-0.3, -0.25) is 4.79 Å². The van der Waals surface area contributed by atoms with Crippen LogP contribution in [0.15, 0.2) is 0 Å². The van der Waals surface area contributed by atoms with Gasteiger partial charge in [0.2, 0.25) is 5.91 Å². The van der Waals surface area contributed by atoms with E-state index in [2.05, 4.69) is 5.32 Å². The van der Waals surface area contributed by atoms with Crippen molar-refractivity contribution in [2.45, 2.75) is 69.4 Å². The fourth-order valence-corrected chi connectivity index (χ4v) is 4.95. The van der Waals surface area contributed by atoms with Crippen LogP contribution in [0.1, 0.15) is 58.3 Å². The number of carbonyl (C=O) groups excluding carboxylic acids is 1. The quantitative estimate of drug-likeness (QED) is 0.788. The molecule has 4 aliphatic rings. The average Bonchev–Trinajstić information content (AvgIpc) is 2.11. The number of rotatable bonds is 3. The molecule has 4 saturated carbocycles. The minimum atomic E-state index is -0.469. The predicted molar refractivity (Wildman–Crippen MR) is 65.4 cm³/mol. The molecule has 3 heteroatoms. The van der Waals surface area contributed by atoms with E-state index in [1.807, 2.05) is 6.92 Å². The summed E-state index contributed by atoms with van der Waals surface area (Å²) in [5, 5.41) is 13.8. The van der Waals surface area contributed by atoms with Crippen LogP contribution in [-0.4, -0.2) is 22.2 Å². The van der Waals surface area contributed by atoms with Gasteiger partial charge in [-0.1, -0.05) is 6.92 Å². The Hall–Kier alpha value is -0.570. The molecule has 4 aliphatic carbocycles. The van der Waals surface area contributed by atoms with Crippen LogP contribution in [0.4, 0.5) is 0 Å². The summed E-state index contributed by atoms with van der Waals surface area (Å²) < 4.78 is 0. The topological polar surface area (TPSA) is 49.3 Å². The van der Waals surface area contributed by atoms with Crippen LogP contribution in [0.5, 0.6) is 0 Å². The second-order valence-electron chi connectivity index (χ2n) is 6.76. The molecule has 4 bridgehead atoms. The maximum absolute atomic E-state index is 11.8. The van der Waals surface area contributed by atoms with Crippen LogP contribution in [0, 0.1) is 11.8 Å². The van der Waals surface area contributed by atoms with E-state index in [0.29, 0.717) is 18.3 Å². The van der Waals surface area contributed by atoms with Gasteiger partial charge in [0.25, 0.3) is 0 Å². The maximum Gasteiger partial charge on any atom is 0.220 e. The Labute approximate surface area is 103 Å². The largest absolute Gasteiger partial charge is 0.390 e. The number of hydrogen-bond donors (Lipinski definition) is 2. The van der Waals surface area contributed by atoms with Crippen molar-refractivity contribution in [3.05, 3.63) is 0 Å². The summed E-state index contributed by atoms with van der Waals surface area (Å²) in [5.41, 5.74) is -0.533. The molecule has 2 unspecified atom stereocenters. The highest BCUT2D eigenvalue weighted by Crippen LogP contribution is 2.57. The first-order chi connectivity index (χ1) is 8.03. The highest BCUT2D eigenvalue weighted by Gasteiger charge is 2.57. The van der Waals surface area contributed by atoms with E-state index in [-0.39, 0.29) is 11.4 Å². The molecule has 0 saturated heterocycles. The summed E-state index contributed by atoms with van der Waals surface area (Å²) in [6.07, 6.45) is 7.72. The Morgan fingerprint density at radius 3 is 2.47 bits per heavy atom. The van der Waals surface area contributed by atoms with E-state index in [4.69, 9.17) is 0 Å². The number of hydrogen-bond acceptors (Lipinski definition) is 2. The molecule has 0 spiro atoms. The van der Waals surface area contributed by atoms with E-state index < -0.39 is 5.60 Å². The summed E-state index contributed by atoms with van der Waals surface area (Å²) in [5.74, 6) is 1.46. The zero-order valence-corrected chi connectivity index (χ0v) is 10.7. The van der Waals surface area contributed by atoms with Gasteiger partial charge in [0.05, 0.1) is 5.60 Å². The molecule has 4 fully saturated rings. The van der Waals surface area contributed by atoms with Gasteiger partial charge in [-0.25, -0.2) is 0 Å². The molecule has 0 aromatic carbocycles. The molecule has 0 aromatic rings. The molecule has 17 heavy (non-hydrogen) atoms. The zero-order chi connectivity index (χ0) is 12.1. The molecule has 2 atom stereocenters. The van der Waals surface area contributed by atoms with Crippen molar-refractivity contribution >= 4 is 5.91 Å². The summed E-state index contributed by atoms with van der Waals surface area (Å²) in [4.78, 5) is 11.8. The fraction of sp³-hybridized carbons (Fsp3) is 0.929. The first-order valence-corrected chi connectivity index (χ1v) is 7.06. The first kappa shape index (κ1) is 11.5. The standard InChI is InChI=1S/C14H23NO2/c1-2-3-12(16)15-13-5-10-4-11(6-13)8-14(17,7-10)9-13/h10-11,17H,2-9H2,1H3,(H,15,16). The van der Waals surface area contributed by atoms with Crippen molar-refractivity contribution in [2.24, 2.45) is 11.8 Å². The van der Waals surface area contributed by atoms with Gasteiger partial charge < -0.3 is 10.4 Å². The van der Waals surface area contributed by atoms with E-state index in [1.165, 1.54) is 6.42 Å². The van der Waals surface area contributed by atoms with Gasteiger partial charge in [-0.2, -0.15) is 0 Å². The Morgan fingerprint density at radius 1 is 1.29 bits per heavy atom. The minimum absolute atomic E-state index is 0.0644. The van der Waals surface area contributed by atoms with Gasteiger partial charge >= 0.3 is 0 Å². The lowest BCUT2D eigenvalue weighted by Gasteiger charge is -2.60. The molecule has 2 N–H and O–H groups in total. The Kier molecular flexibility index (Phi) is 2.51. The monoisotopic (exact) mass is 237 g/mol. The fourth-order valence-electron chi connectivity index (χ4n) is 4.95. The van der Waals surface area contributed by atoms with Gasteiger partial charge in [0.15, 0.2) is 0 Å². The van der Waals surface area contributed by atoms with E-state index >= 15 is 0 Å². The predicted octanol–water partition coefficient (Wildman–Crippen LogP) is 1.99. The van der Waals surface area contributed by atoms with Gasteiger partial charge in [0.1, 0.15) is 0 Å². The van der Waals surface area contributed by atoms with Gasteiger partial charge in [-0.15, -0.1) is 0 Å². The first-order valence-electron chi connectivity index (χ1n) is 7.06. The van der Waals surface area contributed by atoms with E-state index in [9.17, 15) is 9.90 Å². The smallest absolute Gasteiger partial charge is 0.220 e. The highest BCUT2D eigenvalue weighted by molar-refractivity contribution is 5.76. The van der Waals surface area contributed by atoms with E-state index in [0.717, 1.165) is 38.5 Å². The van der Waals surface area contributed by atoms with Crippen molar-refractivity contribution < 1.29 is 9.90 Å². The van der Waals surface area contributed by atoms with Crippen LogP contribution in [0.25, 0.3) is 0 Å². The van der Waals surface area contributed by atoms with Gasteiger partial charge in [0, 0.05) is 12.0 Å². The zero-order valence-electron chi connectivity index (χ0n) is 10.7. The molecular formula is C14H23NO2. The van der Waals surface area contributed by atoms with Crippen LogP contribution in [-0.2, 0) is 4.79 Å². The summed E-state index contributed by atoms with van der Waals surface area (Å²) >= 11 is 0. The molecule has 96 valence electrons. The normalized spacial score (nSPS) is 47.2. The SMILES string of the molecule is CCCC(=O)NC12CC3CC(CC(O)(C3)C1)C2. The highest BCUT2D eigenvalue weighted by atomic mass is 16.3. The van der Waals surface area contributed by atoms with Crippen molar-refractivity contribution in [2.75, 3.05) is 0 Å². The summed E-state index contributed by atoms with van der Waals surface area (Å²) in [6.45, 7) is 2.03. The Morgan fingerprint density at radius 2 is 1.94 bits per heavy atom. The molecular weight excluding hydrogens is 214 g/mol. The van der Waals surface area contributed by atoms with Crippen LogP contribution in [0.2, 0.25) is 0 Å². The van der Waals surface area contributed by atoms with Crippen LogP contribution in [0.3, 0.4) is 0 Å². The molecule has 0 radical (unpaired) electrons. The molecule has 0 aromatic heterocycles. The second kappa shape index (κ2) is 3.71. The molecule has 0 aliphatic heterocycles. The summed E-state index contributed by atoms with van der Waals surface area (Å²) in [6, 6.07) is 0. The molecule has 0 heterocycles. The lowest BCUT2D eigenvalue weighted by atomic mass is 9.51. The average molecular weight is 237 g/mol. The van der Waals surface area contributed by atoms with Crippen molar-refractivity contribution in [3.63, 3.8) is 0 Å². The molecule has 4 rings (SSSR count). The van der Waals surface area contributed by atoms with Crippen molar-refractivity contribution in [3.8, 4) is 0 Å². The summed E-state index contributed by atoms with van der Waals surface area (Å²) in [7, 11) is 0. The van der Waals surface area contributed by atoms with Crippen LogP contribution < -0.4 is 5.32 Å². The maximum atomic E-state index is 11.8. The van der Waals surface area contributed by atoms with Crippen molar-refractivity contribution in [1.29, 1.82) is 0 Å². The Bertz CT molecular complexity index is 325. The number of carbonyl (C=O) groups is 1.